The first-order valence-corrected chi connectivity index (χ1v) is 4.17. The zero-order valence-electron chi connectivity index (χ0n) is 6.99. The summed E-state index contributed by atoms with van der Waals surface area (Å²) in [7, 11) is 0. The van der Waals surface area contributed by atoms with Gasteiger partial charge in [-0.1, -0.05) is 13.8 Å². The third kappa shape index (κ3) is 0.951. The predicted octanol–water partition coefficient (Wildman–Crippen LogP) is 1.42. The molecule has 0 bridgehead atoms. The van der Waals surface area contributed by atoms with Gasteiger partial charge in [-0.25, -0.2) is 9.67 Å². The highest BCUT2D eigenvalue weighted by molar-refractivity contribution is 4.95. The molecular formula is C8H13N3. The summed E-state index contributed by atoms with van der Waals surface area (Å²) in [6.45, 7) is 4.48. The lowest BCUT2D eigenvalue weighted by Gasteiger charge is -2.14. The first kappa shape index (κ1) is 6.83. The van der Waals surface area contributed by atoms with Crippen LogP contribution in [0.2, 0.25) is 0 Å². The van der Waals surface area contributed by atoms with E-state index >= 15 is 0 Å². The maximum absolute atomic E-state index is 4.20. The lowest BCUT2D eigenvalue weighted by molar-refractivity contribution is 0.363. The number of aryl methyl sites for hydroxylation is 1. The van der Waals surface area contributed by atoms with Gasteiger partial charge in [0, 0.05) is 6.42 Å². The second-order valence-electron chi connectivity index (χ2n) is 3.47. The fourth-order valence-electron chi connectivity index (χ4n) is 1.75. The molecule has 0 fully saturated rings. The standard InChI is InChI=1S/C8H13N3/c1-6(2)7-3-4-8-9-5-10-11(7)8/h5-7H,3-4H2,1-2H3/t7-/m0/s1. The number of fused-ring (bicyclic) bond motifs is 1. The van der Waals surface area contributed by atoms with Crippen molar-refractivity contribution in [1.29, 1.82) is 0 Å². The van der Waals surface area contributed by atoms with Crippen molar-refractivity contribution >= 4 is 0 Å². The molecule has 2 rings (SSSR count). The second-order valence-corrected chi connectivity index (χ2v) is 3.47. The lowest BCUT2D eigenvalue weighted by Crippen LogP contribution is -2.11. The molecule has 0 saturated heterocycles. The van der Waals surface area contributed by atoms with Crippen LogP contribution in [-0.4, -0.2) is 14.8 Å². The van der Waals surface area contributed by atoms with Crippen molar-refractivity contribution in [2.45, 2.75) is 32.7 Å². The lowest BCUT2D eigenvalue weighted by atomic mass is 10.0. The summed E-state index contributed by atoms with van der Waals surface area (Å²) in [5.41, 5.74) is 0. The molecule has 3 nitrogen and oxygen atoms in total. The molecule has 0 aliphatic carbocycles. The molecule has 0 amide bonds. The molecule has 1 aliphatic heterocycles. The Hall–Kier alpha value is -0.860. The van der Waals surface area contributed by atoms with Gasteiger partial charge in [-0.2, -0.15) is 5.10 Å². The molecule has 0 aromatic carbocycles. The van der Waals surface area contributed by atoms with E-state index in [0.717, 1.165) is 12.2 Å². The maximum Gasteiger partial charge on any atom is 0.138 e. The van der Waals surface area contributed by atoms with Gasteiger partial charge in [0.05, 0.1) is 6.04 Å². The van der Waals surface area contributed by atoms with Crippen molar-refractivity contribution < 1.29 is 0 Å². The van der Waals surface area contributed by atoms with Crippen LogP contribution in [0.25, 0.3) is 0 Å². The van der Waals surface area contributed by atoms with Crippen LogP contribution >= 0.6 is 0 Å². The molecule has 1 aromatic heterocycles. The summed E-state index contributed by atoms with van der Waals surface area (Å²) < 4.78 is 2.07. The van der Waals surface area contributed by atoms with E-state index in [-0.39, 0.29) is 0 Å². The van der Waals surface area contributed by atoms with Gasteiger partial charge in [0.1, 0.15) is 12.2 Å². The monoisotopic (exact) mass is 151 g/mol. The van der Waals surface area contributed by atoms with E-state index in [9.17, 15) is 0 Å². The highest BCUT2D eigenvalue weighted by Crippen LogP contribution is 2.28. The molecule has 11 heavy (non-hydrogen) atoms. The Labute approximate surface area is 66.4 Å². The Balaban J connectivity index is 2.31. The smallest absolute Gasteiger partial charge is 0.138 e. The second kappa shape index (κ2) is 2.32. The predicted molar refractivity (Wildman–Crippen MR) is 42.2 cm³/mol. The molecule has 1 atom stereocenters. The zero-order chi connectivity index (χ0) is 7.84. The van der Waals surface area contributed by atoms with Gasteiger partial charge in [0.15, 0.2) is 0 Å². The number of hydrogen-bond acceptors (Lipinski definition) is 2. The molecule has 0 saturated carbocycles. The van der Waals surface area contributed by atoms with Crippen molar-refractivity contribution in [2.24, 2.45) is 5.92 Å². The summed E-state index contributed by atoms with van der Waals surface area (Å²) >= 11 is 0. The normalized spacial score (nSPS) is 22.6. The molecule has 0 unspecified atom stereocenters. The first-order valence-electron chi connectivity index (χ1n) is 4.17. The molecule has 1 aliphatic rings. The van der Waals surface area contributed by atoms with E-state index in [4.69, 9.17) is 0 Å². The van der Waals surface area contributed by atoms with Gasteiger partial charge in [-0.05, 0) is 12.3 Å². The van der Waals surface area contributed by atoms with Crippen molar-refractivity contribution in [1.82, 2.24) is 14.8 Å². The number of hydrogen-bond donors (Lipinski definition) is 0. The highest BCUT2D eigenvalue weighted by Gasteiger charge is 2.25. The molecule has 0 N–H and O–H groups in total. The minimum absolute atomic E-state index is 0.590. The summed E-state index contributed by atoms with van der Waals surface area (Å²) in [6.07, 6.45) is 3.97. The van der Waals surface area contributed by atoms with Crippen LogP contribution in [0.1, 0.15) is 32.1 Å². The minimum atomic E-state index is 0.590. The SMILES string of the molecule is CC(C)[C@@H]1CCc2ncnn21. The summed E-state index contributed by atoms with van der Waals surface area (Å²) in [5, 5.41) is 4.20. The maximum atomic E-state index is 4.20. The fourth-order valence-corrected chi connectivity index (χ4v) is 1.75. The van der Waals surface area contributed by atoms with E-state index < -0.39 is 0 Å². The van der Waals surface area contributed by atoms with Gasteiger partial charge in [0.2, 0.25) is 0 Å². The summed E-state index contributed by atoms with van der Waals surface area (Å²) in [6, 6.07) is 0.590. The first-order chi connectivity index (χ1) is 5.29. The molecule has 3 heteroatoms. The Bertz CT molecular complexity index is 252. The molecule has 2 heterocycles. The van der Waals surface area contributed by atoms with E-state index in [1.54, 1.807) is 6.33 Å². The van der Waals surface area contributed by atoms with Crippen LogP contribution < -0.4 is 0 Å². The summed E-state index contributed by atoms with van der Waals surface area (Å²) in [5.74, 6) is 1.83. The Morgan fingerprint density at radius 2 is 2.45 bits per heavy atom. The van der Waals surface area contributed by atoms with Gasteiger partial charge >= 0.3 is 0 Å². The molecule has 0 radical (unpaired) electrons. The largest absolute Gasteiger partial charge is 0.247 e. The third-order valence-corrected chi connectivity index (χ3v) is 2.39. The van der Waals surface area contributed by atoms with Crippen LogP contribution in [0.5, 0.6) is 0 Å². The van der Waals surface area contributed by atoms with Crippen LogP contribution in [0.3, 0.4) is 0 Å². The average molecular weight is 151 g/mol. The van der Waals surface area contributed by atoms with Gasteiger partial charge in [0.25, 0.3) is 0 Å². The topological polar surface area (TPSA) is 30.7 Å². The zero-order valence-corrected chi connectivity index (χ0v) is 6.99. The van der Waals surface area contributed by atoms with Crippen LogP contribution in [0, 0.1) is 5.92 Å². The number of aromatic nitrogens is 3. The van der Waals surface area contributed by atoms with E-state index in [2.05, 4.69) is 28.6 Å². The number of nitrogens with zero attached hydrogens (tertiary/aromatic N) is 3. The Morgan fingerprint density at radius 1 is 1.64 bits per heavy atom. The Morgan fingerprint density at radius 3 is 3.18 bits per heavy atom. The van der Waals surface area contributed by atoms with Crippen molar-refractivity contribution in [2.75, 3.05) is 0 Å². The molecule has 60 valence electrons. The van der Waals surface area contributed by atoms with Gasteiger partial charge < -0.3 is 0 Å². The van der Waals surface area contributed by atoms with Crippen LogP contribution in [0.15, 0.2) is 6.33 Å². The fraction of sp³-hybridized carbons (Fsp3) is 0.750. The van der Waals surface area contributed by atoms with Crippen molar-refractivity contribution in [3.05, 3.63) is 12.2 Å². The molecule has 1 aromatic rings. The quantitative estimate of drug-likeness (QED) is 0.607. The average Bonchev–Trinajstić information content (AvgIpc) is 2.41. The van der Waals surface area contributed by atoms with Gasteiger partial charge in [-0.3, -0.25) is 0 Å². The Kier molecular flexibility index (Phi) is 1.44. The van der Waals surface area contributed by atoms with E-state index in [1.165, 1.54) is 6.42 Å². The molecular weight excluding hydrogens is 138 g/mol. The minimum Gasteiger partial charge on any atom is -0.247 e. The molecule has 0 spiro atoms. The van der Waals surface area contributed by atoms with E-state index in [1.807, 2.05) is 0 Å². The third-order valence-electron chi connectivity index (χ3n) is 2.39. The van der Waals surface area contributed by atoms with Crippen molar-refractivity contribution in [3.63, 3.8) is 0 Å². The number of rotatable bonds is 1. The van der Waals surface area contributed by atoms with Crippen LogP contribution in [0.4, 0.5) is 0 Å². The highest BCUT2D eigenvalue weighted by atomic mass is 15.4. The van der Waals surface area contributed by atoms with Gasteiger partial charge in [-0.15, -0.1) is 0 Å². The van der Waals surface area contributed by atoms with Crippen LogP contribution in [-0.2, 0) is 6.42 Å². The van der Waals surface area contributed by atoms with E-state index in [0.29, 0.717) is 12.0 Å². The van der Waals surface area contributed by atoms with Crippen molar-refractivity contribution in [3.8, 4) is 0 Å². The summed E-state index contributed by atoms with van der Waals surface area (Å²) in [4.78, 5) is 4.18.